The Bertz CT molecular complexity index is 334. The van der Waals surface area contributed by atoms with Gasteiger partial charge in [0.25, 0.3) is 0 Å². The molecule has 1 aliphatic rings. The van der Waals surface area contributed by atoms with E-state index in [1.165, 1.54) is 12.1 Å². The molecule has 1 aromatic rings. The quantitative estimate of drug-likeness (QED) is 0.710. The molecule has 1 nitrogen and oxygen atoms in total. The molecule has 0 amide bonds. The molecule has 0 radical (unpaired) electrons. The van der Waals surface area contributed by atoms with E-state index in [1.807, 2.05) is 6.92 Å². The van der Waals surface area contributed by atoms with Crippen molar-refractivity contribution >= 4 is 0 Å². The highest BCUT2D eigenvalue weighted by molar-refractivity contribution is 5.23. The molecule has 0 spiro atoms. The molecule has 1 saturated heterocycles. The summed E-state index contributed by atoms with van der Waals surface area (Å²) < 4.78 is 31.0. The minimum Gasteiger partial charge on any atom is -0.381 e. The highest BCUT2D eigenvalue weighted by Crippen LogP contribution is 2.31. The van der Waals surface area contributed by atoms with E-state index < -0.39 is 11.6 Å². The van der Waals surface area contributed by atoms with Crippen LogP contribution in [0, 0.1) is 17.6 Å². The molecule has 3 heteroatoms. The molecule has 0 unspecified atom stereocenters. The summed E-state index contributed by atoms with van der Waals surface area (Å²) in [5, 5.41) is 0. The van der Waals surface area contributed by atoms with Gasteiger partial charge < -0.3 is 4.74 Å². The molecule has 0 bridgehead atoms. The van der Waals surface area contributed by atoms with E-state index in [-0.39, 0.29) is 5.92 Å². The Balaban J connectivity index is 2.22. The predicted molar refractivity (Wildman–Crippen MR) is 49.1 cm³/mol. The molecule has 1 fully saturated rings. The second-order valence-corrected chi connectivity index (χ2v) is 3.75. The molecule has 14 heavy (non-hydrogen) atoms. The summed E-state index contributed by atoms with van der Waals surface area (Å²) >= 11 is 0. The summed E-state index contributed by atoms with van der Waals surface area (Å²) in [6.45, 7) is 3.31. The maximum Gasteiger partial charge on any atom is 0.129 e. The van der Waals surface area contributed by atoms with Crippen LogP contribution in [-0.2, 0) is 4.74 Å². The molecule has 0 aromatic heterocycles. The van der Waals surface area contributed by atoms with Gasteiger partial charge in [-0.3, -0.25) is 0 Å². The van der Waals surface area contributed by atoms with Crippen LogP contribution in [0.1, 0.15) is 18.4 Å². The van der Waals surface area contributed by atoms with Gasteiger partial charge in [-0.15, -0.1) is 0 Å². The second kappa shape index (κ2) is 3.65. The summed E-state index contributed by atoms with van der Waals surface area (Å²) in [7, 11) is 0. The summed E-state index contributed by atoms with van der Waals surface area (Å²) in [5.74, 6) is -0.507. The topological polar surface area (TPSA) is 9.23 Å². The number of hydrogen-bond donors (Lipinski definition) is 0. The van der Waals surface area contributed by atoms with Crippen molar-refractivity contribution in [2.45, 2.75) is 12.8 Å². The molecule has 0 aliphatic carbocycles. The van der Waals surface area contributed by atoms with Crippen LogP contribution < -0.4 is 0 Å². The molecule has 1 aromatic carbocycles. The van der Waals surface area contributed by atoms with E-state index in [1.54, 1.807) is 0 Å². The lowest BCUT2D eigenvalue weighted by atomic mass is 9.86. The van der Waals surface area contributed by atoms with Gasteiger partial charge in [0.15, 0.2) is 0 Å². The van der Waals surface area contributed by atoms with E-state index in [9.17, 15) is 8.78 Å². The Labute approximate surface area is 81.7 Å². The van der Waals surface area contributed by atoms with Crippen LogP contribution in [0.2, 0.25) is 0 Å². The van der Waals surface area contributed by atoms with Crippen LogP contribution in [0.25, 0.3) is 0 Å². The lowest BCUT2D eigenvalue weighted by Gasteiger charge is -2.31. The first-order chi connectivity index (χ1) is 6.68. The fourth-order valence-corrected chi connectivity index (χ4v) is 1.67. The number of benzene rings is 1. The molecule has 1 heterocycles. The van der Waals surface area contributed by atoms with Gasteiger partial charge in [0, 0.05) is 12.0 Å². The minimum atomic E-state index is -0.525. The molecule has 1 aliphatic heterocycles. The first-order valence-corrected chi connectivity index (χ1v) is 4.71. The van der Waals surface area contributed by atoms with Crippen molar-refractivity contribution in [1.82, 2.24) is 0 Å². The third-order valence-electron chi connectivity index (χ3n) is 2.82. The van der Waals surface area contributed by atoms with Crippen LogP contribution in [0.5, 0.6) is 0 Å². The van der Waals surface area contributed by atoms with Gasteiger partial charge in [0.1, 0.15) is 11.6 Å². The van der Waals surface area contributed by atoms with Gasteiger partial charge in [0.2, 0.25) is 0 Å². The molecular weight excluding hydrogens is 186 g/mol. The molecule has 76 valence electrons. The van der Waals surface area contributed by atoms with Crippen molar-refractivity contribution in [3.8, 4) is 0 Å². The van der Waals surface area contributed by atoms with E-state index >= 15 is 0 Å². The van der Waals surface area contributed by atoms with Gasteiger partial charge in [0.05, 0.1) is 13.2 Å². The largest absolute Gasteiger partial charge is 0.381 e. The van der Waals surface area contributed by atoms with E-state index in [4.69, 9.17) is 4.74 Å². The minimum absolute atomic E-state index is 0.101. The Morgan fingerprint density at radius 2 is 2.07 bits per heavy atom. The highest BCUT2D eigenvalue weighted by Gasteiger charge is 2.27. The molecular formula is C11H12F2O. The van der Waals surface area contributed by atoms with Crippen molar-refractivity contribution in [3.05, 3.63) is 35.4 Å². The van der Waals surface area contributed by atoms with Gasteiger partial charge in [-0.05, 0) is 17.5 Å². The van der Waals surface area contributed by atoms with Crippen LogP contribution in [-0.4, -0.2) is 13.2 Å². The zero-order chi connectivity index (χ0) is 10.1. The summed E-state index contributed by atoms with van der Waals surface area (Å²) in [6.07, 6.45) is 0. The lowest BCUT2D eigenvalue weighted by Crippen LogP contribution is -2.32. The number of halogens is 2. The van der Waals surface area contributed by atoms with Gasteiger partial charge in [-0.2, -0.15) is 0 Å². The van der Waals surface area contributed by atoms with E-state index in [0.29, 0.717) is 24.7 Å². The average Bonchev–Trinajstić information content (AvgIpc) is 2.00. The number of hydrogen-bond acceptors (Lipinski definition) is 1. The SMILES string of the molecule is C[C@@H](c1ccc(F)cc1F)C1COC1. The Kier molecular flexibility index (Phi) is 2.50. The van der Waals surface area contributed by atoms with E-state index in [2.05, 4.69) is 0 Å². The lowest BCUT2D eigenvalue weighted by molar-refractivity contribution is -0.0427. The first-order valence-electron chi connectivity index (χ1n) is 4.71. The fourth-order valence-electron chi connectivity index (χ4n) is 1.67. The molecule has 0 saturated carbocycles. The zero-order valence-corrected chi connectivity index (χ0v) is 7.97. The summed E-state index contributed by atoms with van der Waals surface area (Å²) in [4.78, 5) is 0. The Morgan fingerprint density at radius 1 is 1.36 bits per heavy atom. The van der Waals surface area contributed by atoms with Crippen LogP contribution >= 0.6 is 0 Å². The van der Waals surface area contributed by atoms with Crippen molar-refractivity contribution in [3.63, 3.8) is 0 Å². The first kappa shape index (κ1) is 9.59. The van der Waals surface area contributed by atoms with E-state index in [0.717, 1.165) is 6.07 Å². The second-order valence-electron chi connectivity index (χ2n) is 3.75. The number of ether oxygens (including phenoxy) is 1. The van der Waals surface area contributed by atoms with Crippen molar-refractivity contribution in [2.75, 3.05) is 13.2 Å². The highest BCUT2D eigenvalue weighted by atomic mass is 19.1. The third kappa shape index (κ3) is 1.64. The third-order valence-corrected chi connectivity index (χ3v) is 2.82. The average molecular weight is 198 g/mol. The maximum atomic E-state index is 13.3. The fraction of sp³-hybridized carbons (Fsp3) is 0.455. The van der Waals surface area contributed by atoms with Crippen LogP contribution in [0.15, 0.2) is 18.2 Å². The summed E-state index contributed by atoms with van der Waals surface area (Å²) in [6, 6.07) is 3.76. The molecule has 1 atom stereocenters. The van der Waals surface area contributed by atoms with Gasteiger partial charge >= 0.3 is 0 Å². The standard InChI is InChI=1S/C11H12F2O/c1-7(8-5-14-6-8)10-3-2-9(12)4-11(10)13/h2-4,7-8H,5-6H2,1H3/t7-/m1/s1. The Hall–Kier alpha value is -0.960. The van der Waals surface area contributed by atoms with Crippen molar-refractivity contribution < 1.29 is 13.5 Å². The zero-order valence-electron chi connectivity index (χ0n) is 7.97. The molecule has 2 rings (SSSR count). The van der Waals surface area contributed by atoms with Gasteiger partial charge in [-0.1, -0.05) is 13.0 Å². The monoisotopic (exact) mass is 198 g/mol. The summed E-state index contributed by atoms with van der Waals surface area (Å²) in [5.41, 5.74) is 0.583. The smallest absolute Gasteiger partial charge is 0.129 e. The van der Waals surface area contributed by atoms with Crippen LogP contribution in [0.4, 0.5) is 8.78 Å². The predicted octanol–water partition coefficient (Wildman–Crippen LogP) is 2.71. The number of rotatable bonds is 2. The van der Waals surface area contributed by atoms with Crippen molar-refractivity contribution in [1.29, 1.82) is 0 Å². The Morgan fingerprint density at radius 3 is 2.57 bits per heavy atom. The maximum absolute atomic E-state index is 13.3. The van der Waals surface area contributed by atoms with Crippen molar-refractivity contribution in [2.24, 2.45) is 5.92 Å². The van der Waals surface area contributed by atoms with Gasteiger partial charge in [-0.25, -0.2) is 8.78 Å². The van der Waals surface area contributed by atoms with Crippen LogP contribution in [0.3, 0.4) is 0 Å². The normalized spacial score (nSPS) is 19.1. The molecule has 0 N–H and O–H groups in total.